The smallest absolute Gasteiger partial charge is 0.346 e. The number of phosphoric acid groups is 1. The van der Waals surface area contributed by atoms with Crippen LogP contribution in [0, 0.1) is 5.92 Å². The Morgan fingerprint density at radius 3 is 2.03 bits per heavy atom. The molecule has 1 amide bonds. The summed E-state index contributed by atoms with van der Waals surface area (Å²) in [6.45, 7) is 3.51. The summed E-state index contributed by atoms with van der Waals surface area (Å²) in [6, 6.07) is 13.5. The Bertz CT molecular complexity index is 1180. The second kappa shape index (κ2) is 11.4. The summed E-state index contributed by atoms with van der Waals surface area (Å²) in [7, 11) is -4.67. The molecule has 0 unspecified atom stereocenters. The van der Waals surface area contributed by atoms with Gasteiger partial charge in [0.05, 0.1) is 30.2 Å². The maximum atomic E-state index is 13.0. The van der Waals surface area contributed by atoms with Crippen LogP contribution in [-0.2, 0) is 9.09 Å². The molecule has 0 fully saturated rings. The van der Waals surface area contributed by atoms with Crippen LogP contribution < -0.4 is 5.32 Å². The third kappa shape index (κ3) is 7.60. The van der Waals surface area contributed by atoms with Crippen LogP contribution in [0.25, 0.3) is 22.5 Å². The molecule has 0 aliphatic heterocycles. The highest BCUT2D eigenvalue weighted by Crippen LogP contribution is 2.36. The first-order chi connectivity index (χ1) is 16.0. The van der Waals surface area contributed by atoms with Gasteiger partial charge in [-0.2, -0.15) is 0 Å². The van der Waals surface area contributed by atoms with Crippen LogP contribution in [0.2, 0.25) is 10.0 Å². The SMILES string of the molecule is CC(C)C[C@H](COP(=O)(O)O)NC(=O)c1cnc(-c2ccc(Cl)cc2)c(-c2ccc(Cl)cc2)n1. The lowest BCUT2D eigenvalue weighted by atomic mass is 10.0. The number of halogens is 2. The van der Waals surface area contributed by atoms with Crippen LogP contribution in [-0.4, -0.2) is 38.3 Å². The summed E-state index contributed by atoms with van der Waals surface area (Å²) in [5, 5.41) is 3.88. The molecule has 1 heterocycles. The highest BCUT2D eigenvalue weighted by atomic mass is 35.5. The molecular weight excluding hydrogens is 500 g/mol. The summed E-state index contributed by atoms with van der Waals surface area (Å²) in [5.74, 6) is -0.390. The average Bonchev–Trinajstić information content (AvgIpc) is 2.77. The Kier molecular flexibility index (Phi) is 8.82. The van der Waals surface area contributed by atoms with Gasteiger partial charge in [-0.05, 0) is 36.6 Å². The first-order valence-electron chi connectivity index (χ1n) is 10.4. The zero-order valence-electron chi connectivity index (χ0n) is 18.5. The van der Waals surface area contributed by atoms with E-state index in [1.165, 1.54) is 6.20 Å². The molecule has 34 heavy (non-hydrogen) atoms. The summed E-state index contributed by atoms with van der Waals surface area (Å²) < 4.78 is 15.7. The molecule has 0 spiro atoms. The Labute approximate surface area is 207 Å². The first kappa shape index (κ1) is 26.3. The van der Waals surface area contributed by atoms with Gasteiger partial charge in [0.2, 0.25) is 0 Å². The van der Waals surface area contributed by atoms with Crippen molar-refractivity contribution in [3.63, 3.8) is 0 Å². The van der Waals surface area contributed by atoms with Crippen molar-refractivity contribution in [2.45, 2.75) is 26.3 Å². The van der Waals surface area contributed by atoms with Crippen molar-refractivity contribution < 1.29 is 23.7 Å². The molecule has 11 heteroatoms. The summed E-state index contributed by atoms with van der Waals surface area (Å²) in [4.78, 5) is 40.1. The number of amides is 1. The highest BCUT2D eigenvalue weighted by molar-refractivity contribution is 7.46. The average molecular weight is 524 g/mol. The predicted molar refractivity (Wildman–Crippen MR) is 132 cm³/mol. The van der Waals surface area contributed by atoms with Crippen molar-refractivity contribution >= 4 is 36.9 Å². The Hall–Kier alpha value is -2.32. The third-order valence-electron chi connectivity index (χ3n) is 4.78. The van der Waals surface area contributed by atoms with Crippen molar-refractivity contribution in [2.75, 3.05) is 6.61 Å². The molecule has 0 saturated carbocycles. The number of phosphoric ester groups is 1. The minimum atomic E-state index is -4.67. The number of aromatic nitrogens is 2. The van der Waals surface area contributed by atoms with Crippen molar-refractivity contribution in [3.8, 4) is 22.5 Å². The molecule has 0 saturated heterocycles. The minimum absolute atomic E-state index is 0.0487. The predicted octanol–water partition coefficient (Wildman–Crippen LogP) is 5.37. The summed E-state index contributed by atoms with van der Waals surface area (Å²) >= 11 is 12.0. The van der Waals surface area contributed by atoms with Crippen molar-refractivity contribution in [1.29, 1.82) is 0 Å². The van der Waals surface area contributed by atoms with Crippen molar-refractivity contribution in [2.24, 2.45) is 5.92 Å². The van der Waals surface area contributed by atoms with Gasteiger partial charge in [-0.25, -0.2) is 9.55 Å². The molecule has 180 valence electrons. The first-order valence-corrected chi connectivity index (χ1v) is 12.7. The second-order valence-corrected chi connectivity index (χ2v) is 10.2. The van der Waals surface area contributed by atoms with E-state index in [0.29, 0.717) is 33.4 Å². The number of carbonyl (C=O) groups excluding carboxylic acids is 1. The lowest BCUT2D eigenvalue weighted by Crippen LogP contribution is -2.39. The number of rotatable bonds is 9. The van der Waals surface area contributed by atoms with Gasteiger partial charge in [0, 0.05) is 21.2 Å². The largest absolute Gasteiger partial charge is 0.469 e. The quantitative estimate of drug-likeness (QED) is 0.322. The van der Waals surface area contributed by atoms with E-state index in [4.69, 9.17) is 33.0 Å². The number of hydrogen-bond donors (Lipinski definition) is 3. The standard InChI is InChI=1S/C23H24Cl2N3O5P/c1-14(2)11-19(13-33-34(30,31)32)27-23(29)20-12-26-21(15-3-7-17(24)8-4-15)22(28-20)16-5-9-18(25)10-6-16/h3-10,12,14,19H,11,13H2,1-2H3,(H,27,29)(H2,30,31,32)/t19-/m1/s1. The van der Waals surface area contributed by atoms with Gasteiger partial charge in [0.15, 0.2) is 0 Å². The molecule has 0 aliphatic rings. The zero-order valence-corrected chi connectivity index (χ0v) is 20.9. The Morgan fingerprint density at radius 1 is 1.00 bits per heavy atom. The number of benzene rings is 2. The van der Waals surface area contributed by atoms with E-state index >= 15 is 0 Å². The fourth-order valence-electron chi connectivity index (χ4n) is 3.31. The molecule has 3 rings (SSSR count). The molecule has 1 atom stereocenters. The van der Waals surface area contributed by atoms with Gasteiger partial charge in [0.1, 0.15) is 5.69 Å². The van der Waals surface area contributed by atoms with Gasteiger partial charge >= 0.3 is 7.82 Å². The van der Waals surface area contributed by atoms with Crippen LogP contribution in [0.15, 0.2) is 54.7 Å². The number of nitrogens with one attached hydrogen (secondary N) is 1. The van der Waals surface area contributed by atoms with Crippen LogP contribution in [0.3, 0.4) is 0 Å². The van der Waals surface area contributed by atoms with Crippen LogP contribution in [0.4, 0.5) is 0 Å². The molecular formula is C23H24Cl2N3O5P. The maximum Gasteiger partial charge on any atom is 0.469 e. The Balaban J connectivity index is 1.95. The van der Waals surface area contributed by atoms with E-state index in [0.717, 1.165) is 5.56 Å². The molecule has 3 aromatic rings. The van der Waals surface area contributed by atoms with Gasteiger partial charge in [-0.1, -0.05) is 61.3 Å². The molecule has 1 aromatic heterocycles. The molecule has 2 aromatic carbocycles. The summed E-state index contributed by atoms with van der Waals surface area (Å²) in [5.41, 5.74) is 2.55. The number of hydrogen-bond acceptors (Lipinski definition) is 5. The van der Waals surface area contributed by atoms with E-state index in [1.54, 1.807) is 36.4 Å². The zero-order chi connectivity index (χ0) is 24.9. The van der Waals surface area contributed by atoms with Crippen LogP contribution in [0.5, 0.6) is 0 Å². The van der Waals surface area contributed by atoms with Gasteiger partial charge in [0.25, 0.3) is 5.91 Å². The van der Waals surface area contributed by atoms with Crippen molar-refractivity contribution in [3.05, 3.63) is 70.5 Å². The van der Waals surface area contributed by atoms with E-state index in [2.05, 4.69) is 19.8 Å². The van der Waals surface area contributed by atoms with Gasteiger partial charge < -0.3 is 15.1 Å². The minimum Gasteiger partial charge on any atom is -0.346 e. The van der Waals surface area contributed by atoms with Crippen LogP contribution in [0.1, 0.15) is 30.8 Å². The van der Waals surface area contributed by atoms with E-state index in [-0.39, 0.29) is 18.2 Å². The van der Waals surface area contributed by atoms with E-state index < -0.39 is 19.8 Å². The fraction of sp³-hybridized carbons (Fsp3) is 0.261. The molecule has 0 aliphatic carbocycles. The number of carbonyl (C=O) groups is 1. The van der Waals surface area contributed by atoms with E-state index in [1.807, 2.05) is 26.0 Å². The monoisotopic (exact) mass is 523 g/mol. The fourth-order valence-corrected chi connectivity index (χ4v) is 3.94. The van der Waals surface area contributed by atoms with Gasteiger partial charge in [-0.3, -0.25) is 14.3 Å². The lowest BCUT2D eigenvalue weighted by Gasteiger charge is -2.21. The number of nitrogens with zero attached hydrogens (tertiary/aromatic N) is 2. The van der Waals surface area contributed by atoms with E-state index in [9.17, 15) is 9.36 Å². The lowest BCUT2D eigenvalue weighted by molar-refractivity contribution is 0.0894. The molecule has 0 radical (unpaired) electrons. The molecule has 3 N–H and O–H groups in total. The van der Waals surface area contributed by atoms with Crippen LogP contribution >= 0.6 is 31.0 Å². The maximum absolute atomic E-state index is 13.0. The molecule has 0 bridgehead atoms. The normalized spacial score (nSPS) is 12.6. The summed E-state index contributed by atoms with van der Waals surface area (Å²) in [6.07, 6.45) is 1.81. The molecule has 8 nitrogen and oxygen atoms in total. The highest BCUT2D eigenvalue weighted by Gasteiger charge is 2.23. The second-order valence-electron chi connectivity index (χ2n) is 8.05. The third-order valence-corrected chi connectivity index (χ3v) is 5.76. The topological polar surface area (TPSA) is 122 Å². The van der Waals surface area contributed by atoms with Gasteiger partial charge in [-0.15, -0.1) is 0 Å². The Morgan fingerprint density at radius 2 is 1.53 bits per heavy atom. The van der Waals surface area contributed by atoms with Crippen molar-refractivity contribution in [1.82, 2.24) is 15.3 Å².